The zero-order valence-corrected chi connectivity index (χ0v) is 12.7. The van der Waals surface area contributed by atoms with Gasteiger partial charge in [-0.2, -0.15) is 4.98 Å². The quantitative estimate of drug-likeness (QED) is 0.843. The van der Waals surface area contributed by atoms with Crippen molar-refractivity contribution in [2.24, 2.45) is 0 Å². The van der Waals surface area contributed by atoms with Gasteiger partial charge >= 0.3 is 0 Å². The summed E-state index contributed by atoms with van der Waals surface area (Å²) < 4.78 is 5.84. The standard InChI is InChI=1S/C13H13BrClN3O/c1-19-12-11(14)8-17-13(18-12)16-7-10-4-2-9(6-15)3-5-10/h2-5,8H,6-7H2,1H3,(H,16,17,18). The Morgan fingerprint density at radius 2 is 1.95 bits per heavy atom. The molecule has 1 N–H and O–H groups in total. The number of alkyl halides is 1. The zero-order valence-electron chi connectivity index (χ0n) is 10.4. The predicted octanol–water partition coefficient (Wildman–Crippen LogP) is 3.60. The second-order valence-electron chi connectivity index (χ2n) is 3.85. The van der Waals surface area contributed by atoms with Crippen LogP contribution in [0.5, 0.6) is 5.88 Å². The molecule has 0 fully saturated rings. The molecule has 0 aliphatic heterocycles. The summed E-state index contributed by atoms with van der Waals surface area (Å²) in [6, 6.07) is 8.07. The number of aromatic nitrogens is 2. The number of hydrogen-bond acceptors (Lipinski definition) is 4. The average molecular weight is 343 g/mol. The molecular formula is C13H13BrClN3O. The Balaban J connectivity index is 2.01. The summed E-state index contributed by atoms with van der Waals surface area (Å²) in [4.78, 5) is 8.39. The molecule has 2 aromatic rings. The number of hydrogen-bond donors (Lipinski definition) is 1. The number of anilines is 1. The van der Waals surface area contributed by atoms with Crippen molar-refractivity contribution in [3.05, 3.63) is 46.1 Å². The number of benzene rings is 1. The second kappa shape index (κ2) is 6.73. The highest BCUT2D eigenvalue weighted by atomic mass is 79.9. The van der Waals surface area contributed by atoms with Gasteiger partial charge in [-0.15, -0.1) is 11.6 Å². The van der Waals surface area contributed by atoms with Gasteiger partial charge in [0.15, 0.2) is 0 Å². The van der Waals surface area contributed by atoms with Crippen LogP contribution >= 0.6 is 27.5 Å². The van der Waals surface area contributed by atoms with Crippen molar-refractivity contribution in [1.29, 1.82) is 0 Å². The summed E-state index contributed by atoms with van der Waals surface area (Å²) in [6.45, 7) is 0.646. The van der Waals surface area contributed by atoms with E-state index in [0.29, 0.717) is 24.3 Å². The molecule has 0 aliphatic carbocycles. The van der Waals surface area contributed by atoms with Crippen molar-refractivity contribution >= 4 is 33.5 Å². The first-order chi connectivity index (χ1) is 9.22. The van der Waals surface area contributed by atoms with E-state index < -0.39 is 0 Å². The third kappa shape index (κ3) is 3.81. The van der Waals surface area contributed by atoms with Crippen LogP contribution in [0.1, 0.15) is 11.1 Å². The maximum Gasteiger partial charge on any atom is 0.232 e. The Bertz CT molecular complexity index is 548. The van der Waals surface area contributed by atoms with Gasteiger partial charge in [0.05, 0.1) is 17.8 Å². The molecule has 2 rings (SSSR count). The van der Waals surface area contributed by atoms with Gasteiger partial charge in [0.2, 0.25) is 11.8 Å². The Morgan fingerprint density at radius 1 is 1.26 bits per heavy atom. The van der Waals surface area contributed by atoms with Crippen molar-refractivity contribution in [3.63, 3.8) is 0 Å². The lowest BCUT2D eigenvalue weighted by molar-refractivity contribution is 0.394. The van der Waals surface area contributed by atoms with Crippen LogP contribution in [-0.4, -0.2) is 17.1 Å². The van der Waals surface area contributed by atoms with E-state index in [2.05, 4.69) is 31.2 Å². The third-order valence-corrected chi connectivity index (χ3v) is 3.39. The van der Waals surface area contributed by atoms with Gasteiger partial charge in [-0.25, -0.2) is 4.98 Å². The second-order valence-corrected chi connectivity index (χ2v) is 4.98. The van der Waals surface area contributed by atoms with Crippen LogP contribution < -0.4 is 10.1 Å². The molecule has 6 heteroatoms. The van der Waals surface area contributed by atoms with Gasteiger partial charge in [-0.1, -0.05) is 24.3 Å². The van der Waals surface area contributed by atoms with Crippen molar-refractivity contribution in [1.82, 2.24) is 9.97 Å². The van der Waals surface area contributed by atoms with Crippen LogP contribution in [0.3, 0.4) is 0 Å². The van der Waals surface area contributed by atoms with Gasteiger partial charge in [-0.3, -0.25) is 0 Å². The Labute approximate surface area is 125 Å². The van der Waals surface area contributed by atoms with Crippen molar-refractivity contribution < 1.29 is 4.74 Å². The maximum atomic E-state index is 5.75. The van der Waals surface area contributed by atoms with Crippen LogP contribution in [-0.2, 0) is 12.4 Å². The van der Waals surface area contributed by atoms with Gasteiger partial charge in [0.1, 0.15) is 0 Å². The molecule has 19 heavy (non-hydrogen) atoms. The predicted molar refractivity (Wildman–Crippen MR) is 79.6 cm³/mol. The molecule has 4 nitrogen and oxygen atoms in total. The van der Waals surface area contributed by atoms with Crippen molar-refractivity contribution in [2.45, 2.75) is 12.4 Å². The van der Waals surface area contributed by atoms with Crippen molar-refractivity contribution in [2.75, 3.05) is 12.4 Å². The monoisotopic (exact) mass is 341 g/mol. The van der Waals surface area contributed by atoms with E-state index in [1.54, 1.807) is 13.3 Å². The highest BCUT2D eigenvalue weighted by Gasteiger charge is 2.04. The van der Waals surface area contributed by atoms with E-state index in [9.17, 15) is 0 Å². The lowest BCUT2D eigenvalue weighted by atomic mass is 10.1. The summed E-state index contributed by atoms with van der Waals surface area (Å²) in [5.74, 6) is 1.57. The fourth-order valence-electron chi connectivity index (χ4n) is 1.51. The topological polar surface area (TPSA) is 47.0 Å². The van der Waals surface area contributed by atoms with Crippen LogP contribution in [0.15, 0.2) is 34.9 Å². The maximum absolute atomic E-state index is 5.75. The lowest BCUT2D eigenvalue weighted by Gasteiger charge is -2.07. The number of ether oxygens (including phenoxy) is 1. The molecule has 0 spiro atoms. The summed E-state index contributed by atoms with van der Waals surface area (Å²) in [5, 5.41) is 3.14. The van der Waals surface area contributed by atoms with E-state index >= 15 is 0 Å². The van der Waals surface area contributed by atoms with Crippen LogP contribution in [0.4, 0.5) is 5.95 Å². The number of halogens is 2. The molecule has 1 aromatic carbocycles. The normalized spacial score (nSPS) is 10.3. The molecule has 1 heterocycles. The molecule has 0 saturated heterocycles. The summed E-state index contributed by atoms with van der Waals surface area (Å²) in [5.41, 5.74) is 2.24. The number of nitrogens with one attached hydrogen (secondary N) is 1. The average Bonchev–Trinajstić information content (AvgIpc) is 2.47. The van der Waals surface area contributed by atoms with E-state index in [0.717, 1.165) is 15.6 Å². The molecular weight excluding hydrogens is 330 g/mol. The van der Waals surface area contributed by atoms with Crippen LogP contribution in [0, 0.1) is 0 Å². The summed E-state index contributed by atoms with van der Waals surface area (Å²) >= 11 is 9.06. The molecule has 0 unspecified atom stereocenters. The Morgan fingerprint density at radius 3 is 2.58 bits per heavy atom. The molecule has 100 valence electrons. The molecule has 0 aliphatic rings. The molecule has 0 saturated carbocycles. The van der Waals surface area contributed by atoms with Crippen LogP contribution in [0.25, 0.3) is 0 Å². The zero-order chi connectivity index (χ0) is 13.7. The van der Waals surface area contributed by atoms with E-state index in [4.69, 9.17) is 16.3 Å². The van der Waals surface area contributed by atoms with Gasteiger partial charge in [0, 0.05) is 12.4 Å². The van der Waals surface area contributed by atoms with Gasteiger partial charge < -0.3 is 10.1 Å². The smallest absolute Gasteiger partial charge is 0.232 e. The third-order valence-electron chi connectivity index (χ3n) is 2.53. The molecule has 1 aromatic heterocycles. The lowest BCUT2D eigenvalue weighted by Crippen LogP contribution is -2.04. The fourth-order valence-corrected chi connectivity index (χ4v) is 2.04. The summed E-state index contributed by atoms with van der Waals surface area (Å²) in [6.07, 6.45) is 1.66. The first kappa shape index (κ1) is 14.1. The minimum absolute atomic E-state index is 0.509. The molecule has 0 atom stereocenters. The largest absolute Gasteiger partial charge is 0.480 e. The molecule has 0 amide bonds. The highest BCUT2D eigenvalue weighted by Crippen LogP contribution is 2.22. The highest BCUT2D eigenvalue weighted by molar-refractivity contribution is 9.10. The van der Waals surface area contributed by atoms with Crippen LogP contribution in [0.2, 0.25) is 0 Å². The number of nitrogens with zero attached hydrogens (tertiary/aromatic N) is 2. The Hall–Kier alpha value is -1.33. The Kier molecular flexibility index (Phi) is 4.99. The SMILES string of the molecule is COc1nc(NCc2ccc(CCl)cc2)ncc1Br. The number of rotatable bonds is 5. The molecule has 0 radical (unpaired) electrons. The fraction of sp³-hybridized carbons (Fsp3) is 0.231. The van der Waals surface area contributed by atoms with E-state index in [1.165, 1.54) is 0 Å². The van der Waals surface area contributed by atoms with Crippen molar-refractivity contribution in [3.8, 4) is 5.88 Å². The minimum Gasteiger partial charge on any atom is -0.480 e. The first-order valence-corrected chi connectivity index (χ1v) is 7.00. The van der Waals surface area contributed by atoms with Gasteiger partial charge in [-0.05, 0) is 27.1 Å². The summed E-state index contributed by atoms with van der Waals surface area (Å²) in [7, 11) is 1.57. The first-order valence-electron chi connectivity index (χ1n) is 5.67. The number of methoxy groups -OCH3 is 1. The van der Waals surface area contributed by atoms with Gasteiger partial charge in [0.25, 0.3) is 0 Å². The molecule has 0 bridgehead atoms. The van der Waals surface area contributed by atoms with E-state index in [1.807, 2.05) is 24.3 Å². The van der Waals surface area contributed by atoms with E-state index in [-0.39, 0.29) is 0 Å². The minimum atomic E-state index is 0.509.